The van der Waals surface area contributed by atoms with Crippen molar-refractivity contribution in [1.29, 1.82) is 0 Å². The van der Waals surface area contributed by atoms with Crippen LogP contribution in [0.4, 0.5) is 0 Å². The van der Waals surface area contributed by atoms with Crippen LogP contribution >= 0.6 is 0 Å². The van der Waals surface area contributed by atoms with E-state index in [-0.39, 0.29) is 5.91 Å². The molecule has 0 aliphatic carbocycles. The molecule has 2 aromatic carbocycles. The van der Waals surface area contributed by atoms with Crippen molar-refractivity contribution >= 4 is 18.1 Å². The third-order valence-corrected chi connectivity index (χ3v) is 3.78. The van der Waals surface area contributed by atoms with Crippen molar-refractivity contribution in [3.63, 3.8) is 0 Å². The first-order valence-corrected chi connectivity index (χ1v) is 7.79. The maximum Gasteiger partial charge on any atom is 0.271 e. The van der Waals surface area contributed by atoms with Crippen LogP contribution in [0.25, 0.3) is 17.8 Å². The van der Waals surface area contributed by atoms with Crippen LogP contribution in [0.5, 0.6) is 0 Å². The molecule has 4 nitrogen and oxygen atoms in total. The van der Waals surface area contributed by atoms with Crippen molar-refractivity contribution in [2.45, 2.75) is 6.92 Å². The van der Waals surface area contributed by atoms with Crippen LogP contribution < -0.4 is 5.32 Å². The first kappa shape index (κ1) is 15.7. The van der Waals surface area contributed by atoms with E-state index >= 15 is 0 Å². The standard InChI is InChI=1S/C20H19N3O/c1-15-14-17(9-8-16-6-4-3-5-7-16)10-11-19(15)23-13-12-18(22-23)20(24)21-2/h3-14H,1-2H3,(H,21,24)/b9-8+. The second-order valence-electron chi connectivity index (χ2n) is 5.51. The van der Waals surface area contributed by atoms with Gasteiger partial charge in [0, 0.05) is 13.2 Å². The van der Waals surface area contributed by atoms with Gasteiger partial charge < -0.3 is 5.32 Å². The number of hydrogen-bond acceptors (Lipinski definition) is 2. The Labute approximate surface area is 141 Å². The molecule has 0 atom stereocenters. The lowest BCUT2D eigenvalue weighted by Crippen LogP contribution is -2.18. The number of nitrogens with one attached hydrogen (secondary N) is 1. The summed E-state index contributed by atoms with van der Waals surface area (Å²) in [5.74, 6) is -0.186. The van der Waals surface area contributed by atoms with Crippen molar-refractivity contribution in [1.82, 2.24) is 15.1 Å². The lowest BCUT2D eigenvalue weighted by molar-refractivity contribution is 0.0957. The molecule has 0 aliphatic rings. The highest BCUT2D eigenvalue weighted by molar-refractivity contribution is 5.91. The number of nitrogens with zero attached hydrogens (tertiary/aromatic N) is 2. The Morgan fingerprint density at radius 1 is 1.04 bits per heavy atom. The van der Waals surface area contributed by atoms with Gasteiger partial charge in [0.25, 0.3) is 5.91 Å². The Morgan fingerprint density at radius 2 is 1.79 bits per heavy atom. The lowest BCUT2D eigenvalue weighted by atomic mass is 10.1. The predicted molar refractivity (Wildman–Crippen MR) is 97.1 cm³/mol. The fourth-order valence-electron chi connectivity index (χ4n) is 2.50. The minimum atomic E-state index is -0.186. The van der Waals surface area contributed by atoms with E-state index in [1.54, 1.807) is 24.0 Å². The zero-order chi connectivity index (χ0) is 16.9. The van der Waals surface area contributed by atoms with E-state index in [0.29, 0.717) is 5.69 Å². The van der Waals surface area contributed by atoms with E-state index < -0.39 is 0 Å². The fraction of sp³-hybridized carbons (Fsp3) is 0.100. The van der Waals surface area contributed by atoms with Gasteiger partial charge in [0.15, 0.2) is 5.69 Å². The summed E-state index contributed by atoms with van der Waals surface area (Å²) in [6.07, 6.45) is 5.98. The van der Waals surface area contributed by atoms with Crippen LogP contribution in [-0.4, -0.2) is 22.7 Å². The highest BCUT2D eigenvalue weighted by atomic mass is 16.1. The number of amides is 1. The lowest BCUT2D eigenvalue weighted by Gasteiger charge is -2.07. The number of rotatable bonds is 4. The quantitative estimate of drug-likeness (QED) is 0.746. The van der Waals surface area contributed by atoms with E-state index in [0.717, 1.165) is 16.8 Å². The van der Waals surface area contributed by atoms with Crippen LogP contribution in [0.2, 0.25) is 0 Å². The van der Waals surface area contributed by atoms with E-state index in [2.05, 4.69) is 40.8 Å². The van der Waals surface area contributed by atoms with Crippen LogP contribution in [0.3, 0.4) is 0 Å². The molecule has 1 aromatic heterocycles. The molecule has 3 rings (SSSR count). The third kappa shape index (κ3) is 3.43. The molecule has 1 N–H and O–H groups in total. The van der Waals surface area contributed by atoms with Crippen molar-refractivity contribution in [2.24, 2.45) is 0 Å². The summed E-state index contributed by atoms with van der Waals surface area (Å²) in [5.41, 5.74) is 4.75. The summed E-state index contributed by atoms with van der Waals surface area (Å²) < 4.78 is 1.73. The molecule has 0 saturated heterocycles. The van der Waals surface area contributed by atoms with E-state index in [1.807, 2.05) is 37.3 Å². The normalized spacial score (nSPS) is 10.9. The van der Waals surface area contributed by atoms with Crippen LogP contribution in [0.15, 0.2) is 60.8 Å². The van der Waals surface area contributed by atoms with Crippen LogP contribution in [0.1, 0.15) is 27.2 Å². The van der Waals surface area contributed by atoms with Gasteiger partial charge >= 0.3 is 0 Å². The maximum atomic E-state index is 11.6. The summed E-state index contributed by atoms with van der Waals surface area (Å²) in [4.78, 5) is 11.6. The Morgan fingerprint density at radius 3 is 2.50 bits per heavy atom. The molecule has 0 saturated carbocycles. The van der Waals surface area contributed by atoms with Gasteiger partial charge in [0.2, 0.25) is 0 Å². The largest absolute Gasteiger partial charge is 0.354 e. The first-order chi connectivity index (χ1) is 11.7. The van der Waals surface area contributed by atoms with Crippen LogP contribution in [0, 0.1) is 6.92 Å². The summed E-state index contributed by atoms with van der Waals surface area (Å²) in [6.45, 7) is 2.04. The van der Waals surface area contributed by atoms with Gasteiger partial charge in [-0.15, -0.1) is 0 Å². The van der Waals surface area contributed by atoms with E-state index in [9.17, 15) is 4.79 Å². The van der Waals surface area contributed by atoms with E-state index in [1.165, 1.54) is 5.56 Å². The fourth-order valence-corrected chi connectivity index (χ4v) is 2.50. The number of benzene rings is 2. The highest BCUT2D eigenvalue weighted by Gasteiger charge is 2.09. The molecule has 1 heterocycles. The average Bonchev–Trinajstić information content (AvgIpc) is 3.10. The Bertz CT molecular complexity index is 879. The Hall–Kier alpha value is -3.14. The Kier molecular flexibility index (Phi) is 4.57. The molecule has 0 radical (unpaired) electrons. The van der Waals surface area contributed by atoms with Gasteiger partial charge in [0.05, 0.1) is 5.69 Å². The topological polar surface area (TPSA) is 46.9 Å². The van der Waals surface area contributed by atoms with E-state index in [4.69, 9.17) is 0 Å². The zero-order valence-electron chi connectivity index (χ0n) is 13.7. The van der Waals surface area contributed by atoms with Crippen LogP contribution in [-0.2, 0) is 0 Å². The van der Waals surface area contributed by atoms with Gasteiger partial charge in [0.1, 0.15) is 0 Å². The molecular formula is C20H19N3O. The van der Waals surface area contributed by atoms with Crippen molar-refractivity contribution < 1.29 is 4.79 Å². The summed E-state index contributed by atoms with van der Waals surface area (Å²) in [7, 11) is 1.60. The SMILES string of the molecule is CNC(=O)c1ccn(-c2ccc(/C=C/c3ccccc3)cc2C)n1. The molecule has 3 aromatic rings. The van der Waals surface area contributed by atoms with Crippen molar-refractivity contribution in [2.75, 3.05) is 7.05 Å². The molecule has 1 amide bonds. The zero-order valence-corrected chi connectivity index (χ0v) is 13.7. The minimum absolute atomic E-state index is 0.186. The third-order valence-electron chi connectivity index (χ3n) is 3.78. The first-order valence-electron chi connectivity index (χ1n) is 7.79. The smallest absolute Gasteiger partial charge is 0.271 e. The highest BCUT2D eigenvalue weighted by Crippen LogP contribution is 2.17. The predicted octanol–water partition coefficient (Wildman–Crippen LogP) is 3.71. The molecule has 0 bridgehead atoms. The Balaban J connectivity index is 1.83. The molecule has 24 heavy (non-hydrogen) atoms. The van der Waals surface area contributed by atoms with Gasteiger partial charge in [-0.25, -0.2) is 4.68 Å². The molecule has 0 unspecified atom stereocenters. The number of aromatic nitrogens is 2. The maximum absolute atomic E-state index is 11.6. The van der Waals surface area contributed by atoms with Gasteiger partial charge in [-0.2, -0.15) is 5.10 Å². The summed E-state index contributed by atoms with van der Waals surface area (Å²) in [6, 6.07) is 18.1. The molecule has 4 heteroatoms. The molecule has 120 valence electrons. The second-order valence-corrected chi connectivity index (χ2v) is 5.51. The average molecular weight is 317 g/mol. The molecular weight excluding hydrogens is 298 g/mol. The molecule has 0 aliphatic heterocycles. The number of carbonyl (C=O) groups is 1. The summed E-state index contributed by atoms with van der Waals surface area (Å²) >= 11 is 0. The van der Waals surface area contributed by atoms with Crippen molar-refractivity contribution in [3.8, 4) is 5.69 Å². The molecule has 0 fully saturated rings. The van der Waals surface area contributed by atoms with Gasteiger partial charge in [-0.1, -0.05) is 48.6 Å². The molecule has 0 spiro atoms. The van der Waals surface area contributed by atoms with Crippen molar-refractivity contribution in [3.05, 3.63) is 83.2 Å². The monoisotopic (exact) mass is 317 g/mol. The second kappa shape index (κ2) is 6.96. The van der Waals surface area contributed by atoms with Gasteiger partial charge in [-0.05, 0) is 41.8 Å². The minimum Gasteiger partial charge on any atom is -0.354 e. The summed E-state index contributed by atoms with van der Waals surface area (Å²) in [5, 5.41) is 6.90. The number of aryl methyl sites for hydroxylation is 1. The number of carbonyl (C=O) groups excluding carboxylic acids is 1. The van der Waals surface area contributed by atoms with Gasteiger partial charge in [-0.3, -0.25) is 4.79 Å². The number of hydrogen-bond donors (Lipinski definition) is 1.